The quantitative estimate of drug-likeness (QED) is 0.519. The molecule has 0 saturated carbocycles. The van der Waals surface area contributed by atoms with Crippen LogP contribution in [-0.2, 0) is 17.7 Å². The van der Waals surface area contributed by atoms with Crippen molar-refractivity contribution in [1.29, 1.82) is 0 Å². The molecule has 4 rings (SSSR count). The first kappa shape index (κ1) is 24.2. The molecule has 0 bridgehead atoms. The highest BCUT2D eigenvalue weighted by Crippen LogP contribution is 2.42. The molecule has 2 heterocycles. The molecule has 2 unspecified atom stereocenters. The van der Waals surface area contributed by atoms with E-state index in [1.165, 1.54) is 11.6 Å². The van der Waals surface area contributed by atoms with Gasteiger partial charge in [0.15, 0.2) is 11.5 Å². The van der Waals surface area contributed by atoms with E-state index in [1.807, 2.05) is 6.07 Å². The Kier molecular flexibility index (Phi) is 8.97. The Hall–Kier alpha value is -1.12. The number of piperidine rings is 1. The van der Waals surface area contributed by atoms with Crippen LogP contribution in [0.5, 0.6) is 11.5 Å². The number of fused-ring (bicyclic) bond motifs is 1. The average Bonchev–Trinajstić information content (AvgIpc) is 2.71. The van der Waals surface area contributed by atoms with Gasteiger partial charge in [-0.25, -0.2) is 0 Å². The SMILES string of the molecule is Br.Br.NCC1OC(C2CCN(Cc3ccccc3)CC2)Cc2c1ccc(O)c2O. The Morgan fingerprint density at radius 3 is 2.34 bits per heavy atom. The van der Waals surface area contributed by atoms with Gasteiger partial charge in [0.1, 0.15) is 0 Å². The Morgan fingerprint density at radius 1 is 1.00 bits per heavy atom. The van der Waals surface area contributed by atoms with Gasteiger partial charge in [0.2, 0.25) is 0 Å². The van der Waals surface area contributed by atoms with Gasteiger partial charge in [-0.05, 0) is 49.0 Å². The zero-order valence-corrected chi connectivity index (χ0v) is 19.8. The van der Waals surface area contributed by atoms with Crippen LogP contribution in [0.3, 0.4) is 0 Å². The summed E-state index contributed by atoms with van der Waals surface area (Å²) in [6.07, 6.45) is 2.60. The standard InChI is InChI=1S/C22H28N2O3.2BrH/c23-13-21-17-6-7-19(25)22(26)18(17)12-20(27-21)16-8-10-24(11-9-16)14-15-4-2-1-3-5-15;;/h1-7,16,20-21,25-26H,8-14,23H2;2*1H. The highest BCUT2D eigenvalue weighted by molar-refractivity contribution is 8.93. The molecule has 2 atom stereocenters. The molecule has 4 N–H and O–H groups in total. The number of nitrogens with two attached hydrogens (primary N) is 1. The summed E-state index contributed by atoms with van der Waals surface area (Å²) in [5.41, 5.74) is 8.99. The number of aromatic hydroxyl groups is 2. The fourth-order valence-corrected chi connectivity index (χ4v) is 4.47. The number of nitrogens with zero attached hydrogens (tertiary/aromatic N) is 1. The second kappa shape index (κ2) is 10.8. The van der Waals surface area contributed by atoms with Crippen molar-refractivity contribution in [3.8, 4) is 11.5 Å². The van der Waals surface area contributed by atoms with E-state index in [0.717, 1.165) is 43.6 Å². The number of likely N-dealkylation sites (tertiary alicyclic amines) is 1. The number of phenols is 2. The van der Waals surface area contributed by atoms with Gasteiger partial charge in [-0.1, -0.05) is 36.4 Å². The van der Waals surface area contributed by atoms with Crippen molar-refractivity contribution in [2.24, 2.45) is 11.7 Å². The topological polar surface area (TPSA) is 79.0 Å². The van der Waals surface area contributed by atoms with Crippen LogP contribution in [0.2, 0.25) is 0 Å². The summed E-state index contributed by atoms with van der Waals surface area (Å²) < 4.78 is 6.31. The number of ether oxygens (including phenoxy) is 1. The normalized spacial score (nSPS) is 22.2. The molecule has 160 valence electrons. The predicted molar refractivity (Wildman–Crippen MR) is 125 cm³/mol. The zero-order chi connectivity index (χ0) is 18.8. The molecule has 2 aliphatic rings. The largest absolute Gasteiger partial charge is 0.504 e. The number of hydrogen-bond acceptors (Lipinski definition) is 5. The van der Waals surface area contributed by atoms with Crippen LogP contribution in [-0.4, -0.2) is 40.9 Å². The third-order valence-electron chi connectivity index (χ3n) is 6.01. The second-order valence-electron chi connectivity index (χ2n) is 7.70. The van der Waals surface area contributed by atoms with Crippen LogP contribution < -0.4 is 5.73 Å². The summed E-state index contributed by atoms with van der Waals surface area (Å²) in [6, 6.07) is 13.9. The molecule has 0 aromatic heterocycles. The highest BCUT2D eigenvalue weighted by atomic mass is 79.9. The molecule has 0 amide bonds. The molecule has 29 heavy (non-hydrogen) atoms. The first-order valence-electron chi connectivity index (χ1n) is 9.81. The van der Waals surface area contributed by atoms with E-state index in [4.69, 9.17) is 10.5 Å². The lowest BCUT2D eigenvalue weighted by atomic mass is 9.83. The summed E-state index contributed by atoms with van der Waals surface area (Å²) in [4.78, 5) is 2.49. The Morgan fingerprint density at radius 2 is 1.69 bits per heavy atom. The molecule has 2 aromatic carbocycles. The minimum Gasteiger partial charge on any atom is -0.504 e. The van der Waals surface area contributed by atoms with E-state index >= 15 is 0 Å². The van der Waals surface area contributed by atoms with E-state index in [-0.39, 0.29) is 57.7 Å². The fourth-order valence-electron chi connectivity index (χ4n) is 4.47. The summed E-state index contributed by atoms with van der Waals surface area (Å²) in [6.45, 7) is 3.46. The minimum absolute atomic E-state index is 0. The van der Waals surface area contributed by atoms with E-state index in [9.17, 15) is 10.2 Å². The van der Waals surface area contributed by atoms with Crippen LogP contribution in [0.25, 0.3) is 0 Å². The lowest BCUT2D eigenvalue weighted by molar-refractivity contribution is -0.0651. The fraction of sp³-hybridized carbons (Fsp3) is 0.455. The monoisotopic (exact) mass is 528 g/mol. The first-order chi connectivity index (χ1) is 13.2. The molecular weight excluding hydrogens is 500 g/mol. The molecule has 1 saturated heterocycles. The maximum Gasteiger partial charge on any atom is 0.161 e. The first-order valence-corrected chi connectivity index (χ1v) is 9.81. The summed E-state index contributed by atoms with van der Waals surface area (Å²) >= 11 is 0. The predicted octanol–water partition coefficient (Wildman–Crippen LogP) is 4.11. The van der Waals surface area contributed by atoms with Gasteiger partial charge in [-0.15, -0.1) is 34.0 Å². The number of rotatable bonds is 4. The van der Waals surface area contributed by atoms with Gasteiger partial charge in [-0.3, -0.25) is 4.90 Å². The van der Waals surface area contributed by atoms with E-state index < -0.39 is 0 Å². The van der Waals surface area contributed by atoms with Gasteiger partial charge in [0.05, 0.1) is 12.2 Å². The molecule has 1 fully saturated rings. The van der Waals surface area contributed by atoms with Crippen molar-refractivity contribution < 1.29 is 14.9 Å². The summed E-state index contributed by atoms with van der Waals surface area (Å²) in [5, 5.41) is 20.2. The molecule has 5 nitrogen and oxygen atoms in total. The Balaban J connectivity index is 0.00000150. The Labute approximate surface area is 193 Å². The van der Waals surface area contributed by atoms with Crippen molar-refractivity contribution in [1.82, 2.24) is 4.90 Å². The lowest BCUT2D eigenvalue weighted by Gasteiger charge is -2.40. The van der Waals surface area contributed by atoms with Gasteiger partial charge in [0, 0.05) is 25.1 Å². The molecular formula is C22H30Br2N2O3. The Bertz CT molecular complexity index is 783. The smallest absolute Gasteiger partial charge is 0.161 e. The van der Waals surface area contributed by atoms with Crippen LogP contribution in [0.15, 0.2) is 42.5 Å². The second-order valence-corrected chi connectivity index (χ2v) is 7.70. The van der Waals surface area contributed by atoms with Crippen molar-refractivity contribution >= 4 is 34.0 Å². The van der Waals surface area contributed by atoms with Crippen LogP contribution in [0.1, 0.15) is 35.6 Å². The molecule has 2 aromatic rings. The maximum absolute atomic E-state index is 10.3. The van der Waals surface area contributed by atoms with Crippen molar-refractivity contribution in [3.05, 3.63) is 59.2 Å². The molecule has 2 aliphatic heterocycles. The molecule has 0 spiro atoms. The van der Waals surface area contributed by atoms with Crippen molar-refractivity contribution in [3.63, 3.8) is 0 Å². The number of halogens is 2. The van der Waals surface area contributed by atoms with E-state index in [0.29, 0.717) is 18.9 Å². The number of benzene rings is 2. The van der Waals surface area contributed by atoms with Crippen LogP contribution >= 0.6 is 34.0 Å². The maximum atomic E-state index is 10.3. The van der Waals surface area contributed by atoms with Gasteiger partial charge in [0.25, 0.3) is 0 Å². The minimum atomic E-state index is -0.215. The van der Waals surface area contributed by atoms with E-state index in [2.05, 4.69) is 35.2 Å². The van der Waals surface area contributed by atoms with Gasteiger partial charge >= 0.3 is 0 Å². The third kappa shape index (κ3) is 5.33. The average molecular weight is 530 g/mol. The lowest BCUT2D eigenvalue weighted by Crippen LogP contribution is -2.41. The molecule has 0 radical (unpaired) electrons. The van der Waals surface area contributed by atoms with Crippen LogP contribution in [0.4, 0.5) is 0 Å². The number of hydrogen-bond donors (Lipinski definition) is 3. The van der Waals surface area contributed by atoms with Crippen molar-refractivity contribution in [2.75, 3.05) is 19.6 Å². The van der Waals surface area contributed by atoms with Crippen molar-refractivity contribution in [2.45, 2.75) is 38.0 Å². The molecule has 7 heteroatoms. The number of phenolic OH excluding ortho intramolecular Hbond substituents is 2. The highest BCUT2D eigenvalue weighted by Gasteiger charge is 2.35. The summed E-state index contributed by atoms with van der Waals surface area (Å²) in [5.74, 6) is 0.365. The van der Waals surface area contributed by atoms with Crippen LogP contribution in [0, 0.1) is 5.92 Å². The molecule has 0 aliphatic carbocycles. The van der Waals surface area contributed by atoms with Gasteiger partial charge in [-0.2, -0.15) is 0 Å². The third-order valence-corrected chi connectivity index (χ3v) is 6.01. The zero-order valence-electron chi connectivity index (χ0n) is 16.4. The summed E-state index contributed by atoms with van der Waals surface area (Å²) in [7, 11) is 0. The van der Waals surface area contributed by atoms with Gasteiger partial charge < -0.3 is 20.7 Å². The van der Waals surface area contributed by atoms with E-state index in [1.54, 1.807) is 0 Å².